The predicted molar refractivity (Wildman–Crippen MR) is 98.9 cm³/mol. The maximum absolute atomic E-state index is 13.7. The molecule has 138 valence electrons. The van der Waals surface area contributed by atoms with Crippen molar-refractivity contribution in [1.82, 2.24) is 4.90 Å². The predicted octanol–water partition coefficient (Wildman–Crippen LogP) is 4.14. The highest BCUT2D eigenvalue weighted by atomic mass is 19.1. The number of rotatable bonds is 6. The van der Waals surface area contributed by atoms with Crippen molar-refractivity contribution in [3.8, 4) is 16.9 Å². The molecular weight excluding hydrogens is 333 g/mol. The van der Waals surface area contributed by atoms with E-state index < -0.39 is 0 Å². The van der Waals surface area contributed by atoms with Gasteiger partial charge in [-0.05, 0) is 55.7 Å². The lowest BCUT2D eigenvalue weighted by atomic mass is 10.0. The van der Waals surface area contributed by atoms with Gasteiger partial charge in [0.1, 0.15) is 11.6 Å². The monoisotopic (exact) mass is 357 g/mol. The fraction of sp³-hybridized carbons (Fsp3) is 0.381. The second-order valence-corrected chi connectivity index (χ2v) is 6.40. The van der Waals surface area contributed by atoms with Gasteiger partial charge in [-0.2, -0.15) is 0 Å². The summed E-state index contributed by atoms with van der Waals surface area (Å²) in [6.07, 6.45) is 2.15. The molecule has 0 bridgehead atoms. The van der Waals surface area contributed by atoms with Gasteiger partial charge in [-0.15, -0.1) is 0 Å². The zero-order chi connectivity index (χ0) is 18.5. The molecule has 0 saturated carbocycles. The molecule has 2 aromatic rings. The Morgan fingerprint density at radius 1 is 1.31 bits per heavy atom. The van der Waals surface area contributed by atoms with Crippen LogP contribution in [0.1, 0.15) is 30.1 Å². The zero-order valence-electron chi connectivity index (χ0n) is 15.2. The Labute approximate surface area is 153 Å². The van der Waals surface area contributed by atoms with Crippen molar-refractivity contribution in [3.05, 3.63) is 53.8 Å². The molecule has 1 atom stereocenters. The maximum Gasteiger partial charge on any atom is 0.253 e. The average Bonchev–Trinajstić information content (AvgIpc) is 3.19. The number of benzene rings is 2. The van der Waals surface area contributed by atoms with Crippen molar-refractivity contribution < 1.29 is 18.7 Å². The second kappa shape index (κ2) is 8.32. The summed E-state index contributed by atoms with van der Waals surface area (Å²) in [5, 5.41) is 0. The van der Waals surface area contributed by atoms with Crippen LogP contribution in [0.15, 0.2) is 42.5 Å². The van der Waals surface area contributed by atoms with Crippen LogP contribution in [0.3, 0.4) is 0 Å². The Morgan fingerprint density at radius 3 is 2.85 bits per heavy atom. The molecule has 1 aliphatic rings. The molecule has 4 nitrogen and oxygen atoms in total. The van der Waals surface area contributed by atoms with Crippen LogP contribution in [-0.4, -0.2) is 43.7 Å². The Hall–Kier alpha value is -2.40. The van der Waals surface area contributed by atoms with Gasteiger partial charge < -0.3 is 14.4 Å². The van der Waals surface area contributed by atoms with Gasteiger partial charge in [-0.1, -0.05) is 12.1 Å². The number of carbonyl (C=O) groups excluding carboxylic acids is 1. The van der Waals surface area contributed by atoms with Gasteiger partial charge in [-0.3, -0.25) is 4.79 Å². The third-order valence-electron chi connectivity index (χ3n) is 4.70. The van der Waals surface area contributed by atoms with E-state index in [1.807, 2.05) is 19.1 Å². The molecule has 1 aliphatic heterocycles. The minimum atomic E-state index is -0.342. The summed E-state index contributed by atoms with van der Waals surface area (Å²) in [5.74, 6) is 0.189. The third kappa shape index (κ3) is 4.05. The summed E-state index contributed by atoms with van der Waals surface area (Å²) >= 11 is 0. The summed E-state index contributed by atoms with van der Waals surface area (Å²) in [6.45, 7) is 3.95. The van der Waals surface area contributed by atoms with Crippen molar-refractivity contribution in [1.29, 1.82) is 0 Å². The first-order chi connectivity index (χ1) is 12.6. The number of likely N-dealkylation sites (N-methyl/N-ethyl adjacent to an activating group) is 1. The van der Waals surface area contributed by atoms with E-state index in [0.29, 0.717) is 30.0 Å². The number of carbonyl (C=O) groups is 1. The average molecular weight is 357 g/mol. The SMILES string of the molecule is CCN(C[C@H]1CCCO1)C(=O)c1cccc(-c2cc(F)ccc2OC)c1. The molecule has 0 aliphatic carbocycles. The first-order valence-corrected chi connectivity index (χ1v) is 8.97. The number of nitrogens with zero attached hydrogens (tertiary/aromatic N) is 1. The lowest BCUT2D eigenvalue weighted by Crippen LogP contribution is -2.37. The van der Waals surface area contributed by atoms with E-state index in [9.17, 15) is 9.18 Å². The Balaban J connectivity index is 1.86. The Kier molecular flexibility index (Phi) is 5.89. The highest BCUT2D eigenvalue weighted by molar-refractivity contribution is 5.95. The lowest BCUT2D eigenvalue weighted by Gasteiger charge is -2.24. The summed E-state index contributed by atoms with van der Waals surface area (Å²) in [6, 6.07) is 11.6. The van der Waals surface area contributed by atoms with Crippen molar-refractivity contribution in [2.75, 3.05) is 26.8 Å². The van der Waals surface area contributed by atoms with E-state index in [2.05, 4.69) is 0 Å². The van der Waals surface area contributed by atoms with Crippen LogP contribution in [0.4, 0.5) is 4.39 Å². The summed E-state index contributed by atoms with van der Waals surface area (Å²) in [4.78, 5) is 14.7. The third-order valence-corrected chi connectivity index (χ3v) is 4.70. The van der Waals surface area contributed by atoms with E-state index in [1.165, 1.54) is 12.1 Å². The van der Waals surface area contributed by atoms with Gasteiger partial charge in [0.2, 0.25) is 0 Å². The van der Waals surface area contributed by atoms with Gasteiger partial charge >= 0.3 is 0 Å². The zero-order valence-corrected chi connectivity index (χ0v) is 15.2. The molecule has 0 aromatic heterocycles. The van der Waals surface area contributed by atoms with E-state index in [0.717, 1.165) is 25.0 Å². The minimum Gasteiger partial charge on any atom is -0.496 e. The minimum absolute atomic E-state index is 0.0415. The molecular formula is C21H24FNO3. The van der Waals surface area contributed by atoms with E-state index >= 15 is 0 Å². The number of ether oxygens (including phenoxy) is 2. The largest absolute Gasteiger partial charge is 0.496 e. The molecule has 1 amide bonds. The van der Waals surface area contributed by atoms with Gasteiger partial charge in [0, 0.05) is 30.8 Å². The molecule has 1 heterocycles. The van der Waals surface area contributed by atoms with E-state index in [-0.39, 0.29) is 17.8 Å². The molecule has 0 N–H and O–H groups in total. The van der Waals surface area contributed by atoms with Crippen molar-refractivity contribution in [3.63, 3.8) is 0 Å². The number of halogens is 1. The van der Waals surface area contributed by atoms with Crippen LogP contribution >= 0.6 is 0 Å². The molecule has 0 spiro atoms. The van der Waals surface area contributed by atoms with Crippen LogP contribution in [0, 0.1) is 5.82 Å². The van der Waals surface area contributed by atoms with Gasteiger partial charge in [0.25, 0.3) is 5.91 Å². The molecule has 3 rings (SSSR count). The Morgan fingerprint density at radius 2 is 2.15 bits per heavy atom. The van der Waals surface area contributed by atoms with Crippen LogP contribution in [0.2, 0.25) is 0 Å². The van der Waals surface area contributed by atoms with Crippen molar-refractivity contribution in [2.24, 2.45) is 0 Å². The van der Waals surface area contributed by atoms with Gasteiger partial charge in [0.05, 0.1) is 13.2 Å². The molecule has 1 fully saturated rings. The quantitative estimate of drug-likeness (QED) is 0.780. The standard InChI is InChI=1S/C21H24FNO3/c1-3-23(14-18-8-5-11-26-18)21(24)16-7-4-6-15(12-16)19-13-17(22)9-10-20(19)25-2/h4,6-7,9-10,12-13,18H,3,5,8,11,14H2,1-2H3/t18-/m1/s1. The topological polar surface area (TPSA) is 38.8 Å². The fourth-order valence-corrected chi connectivity index (χ4v) is 3.30. The van der Waals surface area contributed by atoms with Crippen LogP contribution in [0.5, 0.6) is 5.75 Å². The Bertz CT molecular complexity index is 772. The van der Waals surface area contributed by atoms with Crippen LogP contribution < -0.4 is 4.74 Å². The van der Waals surface area contributed by atoms with E-state index in [4.69, 9.17) is 9.47 Å². The lowest BCUT2D eigenvalue weighted by molar-refractivity contribution is 0.0539. The van der Waals surface area contributed by atoms with E-state index in [1.54, 1.807) is 30.2 Å². The number of hydrogen-bond donors (Lipinski definition) is 0. The number of methoxy groups -OCH3 is 1. The van der Waals surface area contributed by atoms with Crippen LogP contribution in [0.25, 0.3) is 11.1 Å². The normalized spacial score (nSPS) is 16.5. The van der Waals surface area contributed by atoms with Crippen LogP contribution in [-0.2, 0) is 4.74 Å². The summed E-state index contributed by atoms with van der Waals surface area (Å²) in [5.41, 5.74) is 1.96. The summed E-state index contributed by atoms with van der Waals surface area (Å²) in [7, 11) is 1.55. The smallest absolute Gasteiger partial charge is 0.253 e. The maximum atomic E-state index is 13.7. The second-order valence-electron chi connectivity index (χ2n) is 6.40. The molecule has 26 heavy (non-hydrogen) atoms. The molecule has 5 heteroatoms. The molecule has 2 aromatic carbocycles. The summed E-state index contributed by atoms with van der Waals surface area (Å²) < 4.78 is 24.7. The van der Waals surface area contributed by atoms with Gasteiger partial charge in [0.15, 0.2) is 0 Å². The number of hydrogen-bond acceptors (Lipinski definition) is 3. The molecule has 1 saturated heterocycles. The molecule has 0 radical (unpaired) electrons. The van der Waals surface area contributed by atoms with Crippen molar-refractivity contribution >= 4 is 5.91 Å². The highest BCUT2D eigenvalue weighted by Crippen LogP contribution is 2.31. The van der Waals surface area contributed by atoms with Gasteiger partial charge in [-0.25, -0.2) is 4.39 Å². The first-order valence-electron chi connectivity index (χ1n) is 8.97. The first kappa shape index (κ1) is 18.4. The van der Waals surface area contributed by atoms with Crippen molar-refractivity contribution in [2.45, 2.75) is 25.9 Å². The highest BCUT2D eigenvalue weighted by Gasteiger charge is 2.22. The number of amides is 1. The molecule has 0 unspecified atom stereocenters. The fourth-order valence-electron chi connectivity index (χ4n) is 3.30.